The van der Waals surface area contributed by atoms with Crippen molar-refractivity contribution in [2.24, 2.45) is 11.8 Å². The normalized spacial score (nSPS) is 25.7. The molecule has 0 spiro atoms. The van der Waals surface area contributed by atoms with Crippen LogP contribution in [0.5, 0.6) is 0 Å². The van der Waals surface area contributed by atoms with E-state index in [1.54, 1.807) is 6.33 Å². The fourth-order valence-electron chi connectivity index (χ4n) is 6.02. The lowest BCUT2D eigenvalue weighted by atomic mass is 9.74. The molecule has 2 bridgehead atoms. The number of nitrogens with zero attached hydrogens (tertiary/aromatic N) is 5. The molecule has 0 aliphatic carbocycles. The van der Waals surface area contributed by atoms with E-state index in [9.17, 15) is 0 Å². The van der Waals surface area contributed by atoms with Crippen molar-refractivity contribution in [2.75, 3.05) is 24.5 Å². The third-order valence-corrected chi connectivity index (χ3v) is 7.10. The minimum absolute atomic E-state index is 0.250. The number of nitrogens with one attached hydrogen (secondary N) is 1. The fraction of sp³-hybridized carbons (Fsp3) is 0.458. The Morgan fingerprint density at radius 2 is 1.76 bits per heavy atom. The summed E-state index contributed by atoms with van der Waals surface area (Å²) in [7, 11) is 0. The third-order valence-electron chi connectivity index (χ3n) is 7.10. The van der Waals surface area contributed by atoms with Crippen molar-refractivity contribution in [2.45, 2.75) is 37.8 Å². The number of anilines is 1. The van der Waals surface area contributed by atoms with E-state index in [2.05, 4.69) is 60.3 Å². The Hall–Kier alpha value is -3.53. The maximum Gasteiger partial charge on any atom is 0.290 e. The summed E-state index contributed by atoms with van der Waals surface area (Å²) in [4.78, 5) is 31.0. The highest BCUT2D eigenvalue weighted by Gasteiger charge is 2.45. The van der Waals surface area contributed by atoms with E-state index in [1.165, 1.54) is 37.8 Å². The maximum atomic E-state index is 8.36. The van der Waals surface area contributed by atoms with Crippen LogP contribution >= 0.6 is 0 Å². The minimum atomic E-state index is -0.250. The molecule has 3 fully saturated rings. The molecule has 3 aliphatic heterocycles. The van der Waals surface area contributed by atoms with Gasteiger partial charge in [0.1, 0.15) is 12.1 Å². The zero-order chi connectivity index (χ0) is 23.9. The van der Waals surface area contributed by atoms with Crippen LogP contribution in [-0.2, 0) is 9.59 Å². The molecule has 6 rings (SSSR count). The average molecular weight is 467 g/mol. The molecule has 34 heavy (non-hydrogen) atoms. The number of aromatic nitrogens is 4. The number of piperidine rings is 3. The fourth-order valence-corrected chi connectivity index (χ4v) is 6.02. The van der Waals surface area contributed by atoms with E-state index in [4.69, 9.17) is 19.8 Å². The molecule has 3 aliphatic rings. The molecule has 4 atom stereocenters. The van der Waals surface area contributed by atoms with Crippen LogP contribution in [0.25, 0.3) is 11.0 Å². The third kappa shape index (κ3) is 4.86. The number of fused-ring (bicyclic) bond motifs is 5. The maximum absolute atomic E-state index is 8.36. The first kappa shape index (κ1) is 23.6. The van der Waals surface area contributed by atoms with E-state index in [-0.39, 0.29) is 12.9 Å². The first-order chi connectivity index (χ1) is 16.7. The lowest BCUT2D eigenvalue weighted by molar-refractivity contribution is -0.123. The van der Waals surface area contributed by atoms with Crippen LogP contribution in [0.4, 0.5) is 5.82 Å². The monoisotopic (exact) mass is 466 g/mol. The molecular formula is C24H30N6O4. The second-order valence-electron chi connectivity index (χ2n) is 8.93. The molecule has 10 nitrogen and oxygen atoms in total. The Kier molecular flexibility index (Phi) is 7.69. The molecule has 5 heterocycles. The number of aromatic amines is 1. The SMILES string of the molecule is O=CO.O=CO.c1ccc([C@H]2CCC[C@H]3[C@@H]4C[C@@H](CN(c5ncnc6[nH]ncc56)C4)CN23)cc1. The van der Waals surface area contributed by atoms with Gasteiger partial charge in [-0.1, -0.05) is 30.3 Å². The van der Waals surface area contributed by atoms with Crippen molar-refractivity contribution in [3.05, 3.63) is 48.4 Å². The molecule has 0 amide bonds. The predicted molar refractivity (Wildman–Crippen MR) is 126 cm³/mol. The molecule has 3 N–H and O–H groups in total. The predicted octanol–water partition coefficient (Wildman–Crippen LogP) is 2.81. The second kappa shape index (κ2) is 11.1. The molecule has 0 radical (unpaired) electrons. The first-order valence-electron chi connectivity index (χ1n) is 11.6. The summed E-state index contributed by atoms with van der Waals surface area (Å²) in [6.07, 6.45) is 8.86. The second-order valence-corrected chi connectivity index (χ2v) is 8.93. The topological polar surface area (TPSA) is 136 Å². The summed E-state index contributed by atoms with van der Waals surface area (Å²) in [6, 6.07) is 12.4. The zero-order valence-corrected chi connectivity index (χ0v) is 18.9. The number of hydrogen-bond acceptors (Lipinski definition) is 7. The zero-order valence-electron chi connectivity index (χ0n) is 18.9. The average Bonchev–Trinajstić information content (AvgIpc) is 3.34. The molecule has 3 aromatic rings. The quantitative estimate of drug-likeness (QED) is 0.487. The number of H-pyrrole nitrogens is 1. The lowest BCUT2D eigenvalue weighted by Gasteiger charge is -2.55. The van der Waals surface area contributed by atoms with Gasteiger partial charge in [-0.25, -0.2) is 9.97 Å². The lowest BCUT2D eigenvalue weighted by Crippen LogP contribution is -2.59. The summed E-state index contributed by atoms with van der Waals surface area (Å²) >= 11 is 0. The Bertz CT molecular complexity index is 1070. The van der Waals surface area contributed by atoms with E-state index >= 15 is 0 Å². The Morgan fingerprint density at radius 3 is 2.53 bits per heavy atom. The van der Waals surface area contributed by atoms with Gasteiger partial charge in [-0.3, -0.25) is 19.6 Å². The van der Waals surface area contributed by atoms with Crippen molar-refractivity contribution < 1.29 is 19.8 Å². The number of rotatable bonds is 2. The largest absolute Gasteiger partial charge is 0.483 e. The van der Waals surface area contributed by atoms with Crippen LogP contribution in [0.2, 0.25) is 0 Å². The van der Waals surface area contributed by atoms with Crippen molar-refractivity contribution in [3.8, 4) is 0 Å². The summed E-state index contributed by atoms with van der Waals surface area (Å²) in [5.74, 6) is 2.48. The van der Waals surface area contributed by atoms with Crippen molar-refractivity contribution in [1.82, 2.24) is 25.1 Å². The van der Waals surface area contributed by atoms with E-state index in [0.717, 1.165) is 35.9 Å². The molecule has 180 valence electrons. The van der Waals surface area contributed by atoms with Gasteiger partial charge in [0.15, 0.2) is 5.65 Å². The molecule has 10 heteroatoms. The highest BCUT2D eigenvalue weighted by Crippen LogP contribution is 2.45. The smallest absolute Gasteiger partial charge is 0.290 e. The summed E-state index contributed by atoms with van der Waals surface area (Å²) < 4.78 is 0. The Labute approximate surface area is 197 Å². The van der Waals surface area contributed by atoms with Gasteiger partial charge in [-0.15, -0.1) is 0 Å². The standard InChI is InChI=1S/C22H26N6.2CH2O2/c1-2-5-16(6-3-1)19-7-4-8-20-17-9-15(12-28(19)20)11-27(13-17)22-18-10-25-26-21(18)23-14-24-22;2*2-1-3/h1-3,5-6,10,14-15,17,19-20H,4,7-9,11-13H2,(H,23,24,25,26);2*1H,(H,2,3)/t15-,17+,19+,20-;;/m0../s1. The van der Waals surface area contributed by atoms with Crippen LogP contribution in [0.3, 0.4) is 0 Å². The van der Waals surface area contributed by atoms with Gasteiger partial charge in [-0.2, -0.15) is 5.10 Å². The van der Waals surface area contributed by atoms with E-state index < -0.39 is 0 Å². The molecule has 0 unspecified atom stereocenters. The Morgan fingerprint density at radius 1 is 1.00 bits per heavy atom. The summed E-state index contributed by atoms with van der Waals surface area (Å²) in [5.41, 5.74) is 2.34. The van der Waals surface area contributed by atoms with Gasteiger partial charge in [0.25, 0.3) is 12.9 Å². The van der Waals surface area contributed by atoms with Gasteiger partial charge >= 0.3 is 0 Å². The van der Waals surface area contributed by atoms with Crippen molar-refractivity contribution in [3.63, 3.8) is 0 Å². The van der Waals surface area contributed by atoms with E-state index in [0.29, 0.717) is 18.0 Å². The van der Waals surface area contributed by atoms with Gasteiger partial charge in [-0.05, 0) is 43.1 Å². The van der Waals surface area contributed by atoms with Gasteiger partial charge in [0.2, 0.25) is 0 Å². The molecule has 2 aromatic heterocycles. The summed E-state index contributed by atoms with van der Waals surface area (Å²) in [6.45, 7) is 2.88. The van der Waals surface area contributed by atoms with Gasteiger partial charge < -0.3 is 15.1 Å². The van der Waals surface area contributed by atoms with Crippen LogP contribution in [-0.4, -0.2) is 73.9 Å². The van der Waals surface area contributed by atoms with Crippen LogP contribution < -0.4 is 4.90 Å². The van der Waals surface area contributed by atoms with Crippen molar-refractivity contribution >= 4 is 29.8 Å². The van der Waals surface area contributed by atoms with Crippen LogP contribution in [0, 0.1) is 11.8 Å². The molecular weight excluding hydrogens is 436 g/mol. The first-order valence-corrected chi connectivity index (χ1v) is 11.6. The van der Waals surface area contributed by atoms with Crippen LogP contribution in [0.1, 0.15) is 37.3 Å². The molecule has 3 saturated heterocycles. The Balaban J connectivity index is 0.000000417. The number of carbonyl (C=O) groups is 2. The number of hydrogen-bond donors (Lipinski definition) is 3. The van der Waals surface area contributed by atoms with Gasteiger partial charge in [0, 0.05) is 31.7 Å². The minimum Gasteiger partial charge on any atom is -0.483 e. The highest BCUT2D eigenvalue weighted by atomic mass is 16.3. The summed E-state index contributed by atoms with van der Waals surface area (Å²) in [5, 5.41) is 22.0. The number of carboxylic acid groups (broad SMARTS) is 2. The molecule has 1 aromatic carbocycles. The van der Waals surface area contributed by atoms with Gasteiger partial charge in [0.05, 0.1) is 11.6 Å². The van der Waals surface area contributed by atoms with E-state index in [1.807, 2.05) is 6.20 Å². The number of benzene rings is 1. The van der Waals surface area contributed by atoms with Crippen LogP contribution in [0.15, 0.2) is 42.9 Å². The molecule has 0 saturated carbocycles. The highest BCUT2D eigenvalue weighted by molar-refractivity contribution is 5.86. The van der Waals surface area contributed by atoms with Crippen molar-refractivity contribution in [1.29, 1.82) is 0 Å².